The normalized spacial score (nSPS) is 12.7. The van der Waals surface area contributed by atoms with Crippen molar-refractivity contribution in [3.63, 3.8) is 0 Å². The number of hydrogen-bond donors (Lipinski definition) is 1. The number of sulfonamides is 1. The summed E-state index contributed by atoms with van der Waals surface area (Å²) < 4.78 is 39.2. The molecule has 0 aliphatic carbocycles. The van der Waals surface area contributed by atoms with Crippen LogP contribution in [-0.4, -0.2) is 32.0 Å². The van der Waals surface area contributed by atoms with Crippen LogP contribution in [0, 0.1) is 0 Å². The number of benzene rings is 3. The third-order valence-electron chi connectivity index (χ3n) is 5.06. The molecule has 0 saturated heterocycles. The molecule has 0 bridgehead atoms. The van der Waals surface area contributed by atoms with Crippen molar-refractivity contribution in [3.8, 4) is 11.5 Å². The molecule has 0 spiro atoms. The van der Waals surface area contributed by atoms with E-state index in [1.165, 1.54) is 18.2 Å². The zero-order chi connectivity index (χ0) is 24.3. The second-order valence-electron chi connectivity index (χ2n) is 7.43. The van der Waals surface area contributed by atoms with Crippen molar-refractivity contribution in [1.82, 2.24) is 9.62 Å². The van der Waals surface area contributed by atoms with Gasteiger partial charge in [-0.25, -0.2) is 8.42 Å². The molecule has 0 saturated carbocycles. The number of rotatable bonds is 8. The number of nitrogens with zero attached hydrogens (tertiary/aromatic N) is 1. The lowest BCUT2D eigenvalue weighted by atomic mass is 10.2. The fourth-order valence-electron chi connectivity index (χ4n) is 3.29. The Balaban J connectivity index is 1.53. The Morgan fingerprint density at radius 2 is 1.74 bits per heavy atom. The van der Waals surface area contributed by atoms with Gasteiger partial charge < -0.3 is 14.8 Å². The molecule has 34 heavy (non-hydrogen) atoms. The van der Waals surface area contributed by atoms with Gasteiger partial charge in [-0.1, -0.05) is 51.3 Å². The first-order chi connectivity index (χ1) is 16.2. The SMILES string of the molecule is O=C(CN(Cc1ccc(Cl)cc1Cl)S(=O)(=O)c1ccc(Br)cc1)NCc1ccc2c(c1)OCO2. The maximum Gasteiger partial charge on any atom is 0.243 e. The van der Waals surface area contributed by atoms with E-state index in [0.29, 0.717) is 27.1 Å². The summed E-state index contributed by atoms with van der Waals surface area (Å²) in [6.45, 7) is -0.154. The molecule has 0 atom stereocenters. The number of fused-ring (bicyclic) bond motifs is 1. The largest absolute Gasteiger partial charge is 0.454 e. The molecule has 0 aromatic heterocycles. The summed E-state index contributed by atoms with van der Waals surface area (Å²) in [7, 11) is -4.01. The summed E-state index contributed by atoms with van der Waals surface area (Å²) in [6.07, 6.45) is 0. The minimum atomic E-state index is -4.01. The van der Waals surface area contributed by atoms with E-state index in [2.05, 4.69) is 21.2 Å². The van der Waals surface area contributed by atoms with Gasteiger partial charge in [-0.3, -0.25) is 4.79 Å². The van der Waals surface area contributed by atoms with Crippen LogP contribution in [0.4, 0.5) is 0 Å². The van der Waals surface area contributed by atoms with E-state index in [0.717, 1.165) is 14.3 Å². The van der Waals surface area contributed by atoms with Crippen LogP contribution in [0.15, 0.2) is 70.0 Å². The predicted octanol–water partition coefficient (Wildman–Crippen LogP) is 4.99. The lowest BCUT2D eigenvalue weighted by molar-refractivity contribution is -0.121. The van der Waals surface area contributed by atoms with Crippen LogP contribution in [0.1, 0.15) is 11.1 Å². The molecule has 1 heterocycles. The van der Waals surface area contributed by atoms with Gasteiger partial charge in [-0.2, -0.15) is 4.31 Å². The molecule has 1 aliphatic rings. The molecule has 3 aromatic rings. The second-order valence-corrected chi connectivity index (χ2v) is 11.1. The molecule has 1 N–H and O–H groups in total. The molecule has 11 heteroatoms. The molecule has 0 unspecified atom stereocenters. The summed E-state index contributed by atoms with van der Waals surface area (Å²) in [6, 6.07) is 16.3. The van der Waals surface area contributed by atoms with Crippen molar-refractivity contribution in [3.05, 3.63) is 86.3 Å². The van der Waals surface area contributed by atoms with Crippen LogP contribution >= 0.6 is 39.1 Å². The highest BCUT2D eigenvalue weighted by molar-refractivity contribution is 9.10. The Bertz CT molecular complexity index is 1320. The van der Waals surface area contributed by atoms with Crippen LogP contribution in [0.25, 0.3) is 0 Å². The average Bonchev–Trinajstić information content (AvgIpc) is 3.27. The van der Waals surface area contributed by atoms with Gasteiger partial charge in [0.15, 0.2) is 11.5 Å². The number of halogens is 3. The number of hydrogen-bond acceptors (Lipinski definition) is 5. The monoisotopic (exact) mass is 584 g/mol. The number of amides is 1. The molecule has 7 nitrogen and oxygen atoms in total. The zero-order valence-corrected chi connectivity index (χ0v) is 21.5. The topological polar surface area (TPSA) is 84.9 Å². The molecule has 0 radical (unpaired) electrons. The van der Waals surface area contributed by atoms with Gasteiger partial charge in [0.1, 0.15) is 0 Å². The molecule has 1 aliphatic heterocycles. The fourth-order valence-corrected chi connectivity index (χ4v) is 5.40. The highest BCUT2D eigenvalue weighted by Gasteiger charge is 2.27. The smallest absolute Gasteiger partial charge is 0.243 e. The van der Waals surface area contributed by atoms with Crippen molar-refractivity contribution in [1.29, 1.82) is 0 Å². The third kappa shape index (κ3) is 5.84. The standard InChI is InChI=1S/C23H19BrCl2N2O5S/c24-17-3-6-19(7-4-17)34(30,31)28(12-16-2-5-18(25)10-20(16)26)13-23(29)27-11-15-1-8-21-22(9-15)33-14-32-21/h1-10H,11-14H2,(H,27,29). The van der Waals surface area contributed by atoms with Gasteiger partial charge in [0.05, 0.1) is 11.4 Å². The van der Waals surface area contributed by atoms with Crippen LogP contribution in [-0.2, 0) is 27.9 Å². The molecule has 1 amide bonds. The quantitative estimate of drug-likeness (QED) is 0.402. The van der Waals surface area contributed by atoms with Crippen molar-refractivity contribution >= 4 is 55.1 Å². The van der Waals surface area contributed by atoms with Crippen molar-refractivity contribution in [2.24, 2.45) is 0 Å². The first-order valence-electron chi connectivity index (χ1n) is 10.1. The highest BCUT2D eigenvalue weighted by atomic mass is 79.9. The Labute approximate surface area is 215 Å². The molecule has 4 rings (SSSR count). The molecule has 3 aromatic carbocycles. The predicted molar refractivity (Wildman–Crippen MR) is 133 cm³/mol. The van der Waals surface area contributed by atoms with E-state index in [4.69, 9.17) is 32.7 Å². The Morgan fingerprint density at radius 3 is 2.47 bits per heavy atom. The minimum Gasteiger partial charge on any atom is -0.454 e. The van der Waals surface area contributed by atoms with E-state index >= 15 is 0 Å². The van der Waals surface area contributed by atoms with Gasteiger partial charge in [0.25, 0.3) is 0 Å². The Kier molecular flexibility index (Phi) is 7.69. The van der Waals surface area contributed by atoms with E-state index in [-0.39, 0.29) is 24.8 Å². The van der Waals surface area contributed by atoms with E-state index < -0.39 is 22.5 Å². The number of carbonyl (C=O) groups is 1. The first-order valence-corrected chi connectivity index (χ1v) is 13.1. The van der Waals surface area contributed by atoms with Crippen molar-refractivity contribution in [2.45, 2.75) is 18.0 Å². The Hall–Kier alpha value is -2.30. The van der Waals surface area contributed by atoms with Crippen LogP contribution in [0.3, 0.4) is 0 Å². The summed E-state index contributed by atoms with van der Waals surface area (Å²) in [5.41, 5.74) is 1.32. The van der Waals surface area contributed by atoms with Crippen LogP contribution < -0.4 is 14.8 Å². The van der Waals surface area contributed by atoms with Crippen molar-refractivity contribution in [2.75, 3.05) is 13.3 Å². The number of ether oxygens (including phenoxy) is 2. The summed E-state index contributed by atoms with van der Waals surface area (Å²) >= 11 is 15.6. The minimum absolute atomic E-state index is 0.0596. The third-order valence-corrected chi connectivity index (χ3v) is 7.98. The summed E-state index contributed by atoms with van der Waals surface area (Å²) in [5, 5.41) is 3.50. The lowest BCUT2D eigenvalue weighted by Crippen LogP contribution is -2.40. The van der Waals surface area contributed by atoms with Gasteiger partial charge in [-0.05, 0) is 59.7 Å². The van der Waals surface area contributed by atoms with Gasteiger partial charge in [0.2, 0.25) is 22.7 Å². The highest BCUT2D eigenvalue weighted by Crippen LogP contribution is 2.32. The van der Waals surface area contributed by atoms with Crippen LogP contribution in [0.2, 0.25) is 10.0 Å². The maximum atomic E-state index is 13.4. The fraction of sp³-hybridized carbons (Fsp3) is 0.174. The van der Waals surface area contributed by atoms with E-state index in [1.54, 1.807) is 42.5 Å². The lowest BCUT2D eigenvalue weighted by Gasteiger charge is -2.22. The molecule has 178 valence electrons. The average molecular weight is 586 g/mol. The number of carbonyl (C=O) groups excluding carboxylic acids is 1. The van der Waals surface area contributed by atoms with Gasteiger partial charge in [0, 0.05) is 27.6 Å². The second kappa shape index (κ2) is 10.5. The summed E-state index contributed by atoms with van der Waals surface area (Å²) in [4.78, 5) is 12.8. The Morgan fingerprint density at radius 1 is 1.00 bits per heavy atom. The van der Waals surface area contributed by atoms with Crippen molar-refractivity contribution < 1.29 is 22.7 Å². The van der Waals surface area contributed by atoms with E-state index in [9.17, 15) is 13.2 Å². The van der Waals surface area contributed by atoms with Gasteiger partial charge >= 0.3 is 0 Å². The van der Waals surface area contributed by atoms with E-state index in [1.807, 2.05) is 0 Å². The molecule has 0 fully saturated rings. The zero-order valence-electron chi connectivity index (χ0n) is 17.6. The number of nitrogens with one attached hydrogen (secondary N) is 1. The summed E-state index contributed by atoms with van der Waals surface area (Å²) in [5.74, 6) is 0.772. The maximum absolute atomic E-state index is 13.4. The first kappa shape index (κ1) is 24.8. The van der Waals surface area contributed by atoms with Crippen LogP contribution in [0.5, 0.6) is 11.5 Å². The van der Waals surface area contributed by atoms with Gasteiger partial charge in [-0.15, -0.1) is 0 Å². The molecular formula is C23H19BrCl2N2O5S. The molecular weight excluding hydrogens is 567 g/mol.